The molecule has 1 aliphatic heterocycles. The Bertz CT molecular complexity index is 1090. The summed E-state index contributed by atoms with van der Waals surface area (Å²) in [5.41, 5.74) is 5.09. The third-order valence-corrected chi connectivity index (χ3v) is 5.28. The zero-order valence-electron chi connectivity index (χ0n) is 14.5. The van der Waals surface area contributed by atoms with Gasteiger partial charge in [0, 0.05) is 11.6 Å². The van der Waals surface area contributed by atoms with Crippen molar-refractivity contribution in [2.75, 3.05) is 0 Å². The van der Waals surface area contributed by atoms with Gasteiger partial charge in [-0.15, -0.1) is 0 Å². The van der Waals surface area contributed by atoms with E-state index in [9.17, 15) is 4.79 Å². The molecule has 1 N–H and O–H groups in total. The average Bonchev–Trinajstić information content (AvgIpc) is 2.98. The molecule has 3 aromatic rings. The van der Waals surface area contributed by atoms with Gasteiger partial charge < -0.3 is 5.32 Å². The fourth-order valence-electron chi connectivity index (χ4n) is 2.78. The lowest BCUT2D eigenvalue weighted by Crippen LogP contribution is -2.19. The second kappa shape index (κ2) is 6.77. The molecule has 0 unspecified atom stereocenters. The predicted octanol–water partition coefficient (Wildman–Crippen LogP) is 4.74. The van der Waals surface area contributed by atoms with Gasteiger partial charge in [0.05, 0.1) is 16.1 Å². The maximum Gasteiger partial charge on any atom is 0.264 e. The summed E-state index contributed by atoms with van der Waals surface area (Å²) >= 11 is 1.36. The third kappa shape index (κ3) is 3.26. The molecule has 2 aromatic carbocycles. The molecule has 1 aliphatic rings. The van der Waals surface area contributed by atoms with E-state index in [1.807, 2.05) is 55.5 Å². The lowest BCUT2D eigenvalue weighted by molar-refractivity contribution is -0.115. The molecule has 1 saturated heterocycles. The SMILES string of the molecule is Cc1cccc(/N=C2/NC(=O)/C(=C/c3ccc4ncccc4c3)S2)c1C. The molecule has 2 heterocycles. The smallest absolute Gasteiger partial charge is 0.264 e. The second-order valence-corrected chi connectivity index (χ2v) is 7.19. The Balaban J connectivity index is 1.63. The largest absolute Gasteiger partial charge is 0.300 e. The predicted molar refractivity (Wildman–Crippen MR) is 108 cm³/mol. The number of carbonyl (C=O) groups is 1. The number of amidine groups is 1. The number of hydrogen-bond acceptors (Lipinski definition) is 4. The van der Waals surface area contributed by atoms with Gasteiger partial charge in [-0.05, 0) is 72.6 Å². The van der Waals surface area contributed by atoms with E-state index in [0.717, 1.165) is 27.7 Å². The number of aliphatic imine (C=N–C) groups is 1. The van der Waals surface area contributed by atoms with Gasteiger partial charge in [0.15, 0.2) is 5.17 Å². The summed E-state index contributed by atoms with van der Waals surface area (Å²) in [6.07, 6.45) is 3.66. The van der Waals surface area contributed by atoms with Crippen molar-refractivity contribution in [1.29, 1.82) is 0 Å². The Hall–Kier alpha value is -2.92. The third-order valence-electron chi connectivity index (χ3n) is 4.37. The minimum absolute atomic E-state index is 0.120. The van der Waals surface area contributed by atoms with E-state index in [1.54, 1.807) is 6.20 Å². The van der Waals surface area contributed by atoms with Gasteiger partial charge in [-0.25, -0.2) is 4.99 Å². The van der Waals surface area contributed by atoms with Crippen molar-refractivity contribution in [2.24, 2.45) is 4.99 Å². The number of benzene rings is 2. The molecule has 1 amide bonds. The van der Waals surface area contributed by atoms with E-state index in [2.05, 4.69) is 28.3 Å². The van der Waals surface area contributed by atoms with E-state index in [0.29, 0.717) is 10.1 Å². The average molecular weight is 359 g/mol. The fourth-order valence-corrected chi connectivity index (χ4v) is 3.62. The summed E-state index contributed by atoms with van der Waals surface area (Å²) in [5.74, 6) is -0.120. The Labute approximate surface area is 156 Å². The number of thioether (sulfide) groups is 1. The van der Waals surface area contributed by atoms with Crippen molar-refractivity contribution < 1.29 is 4.79 Å². The normalized spacial score (nSPS) is 17.2. The molecule has 0 bridgehead atoms. The number of aromatic nitrogens is 1. The van der Waals surface area contributed by atoms with Crippen molar-refractivity contribution in [3.05, 3.63) is 76.3 Å². The Morgan fingerprint density at radius 3 is 2.88 bits per heavy atom. The standard InChI is InChI=1S/C21H17N3OS/c1-13-5-3-7-17(14(13)2)23-21-24-20(25)19(26-21)12-15-8-9-18-16(11-15)6-4-10-22-18/h3-12H,1-2H3,(H,23,24,25)/b19-12-. The zero-order valence-corrected chi connectivity index (χ0v) is 15.3. The number of pyridine rings is 1. The highest BCUT2D eigenvalue weighted by Crippen LogP contribution is 2.30. The van der Waals surface area contributed by atoms with Gasteiger partial charge >= 0.3 is 0 Å². The fraction of sp³-hybridized carbons (Fsp3) is 0.0952. The lowest BCUT2D eigenvalue weighted by atomic mass is 10.1. The van der Waals surface area contributed by atoms with Crippen molar-refractivity contribution in [1.82, 2.24) is 10.3 Å². The number of aryl methyl sites for hydroxylation is 1. The highest BCUT2D eigenvalue weighted by atomic mass is 32.2. The van der Waals surface area contributed by atoms with Crippen LogP contribution in [-0.2, 0) is 4.79 Å². The van der Waals surface area contributed by atoms with Crippen LogP contribution in [0.2, 0.25) is 0 Å². The summed E-state index contributed by atoms with van der Waals surface area (Å²) in [5, 5.41) is 4.51. The van der Waals surface area contributed by atoms with Crippen molar-refractivity contribution in [2.45, 2.75) is 13.8 Å². The van der Waals surface area contributed by atoms with E-state index < -0.39 is 0 Å². The van der Waals surface area contributed by atoms with E-state index in [1.165, 1.54) is 17.3 Å². The Morgan fingerprint density at radius 1 is 1.12 bits per heavy atom. The minimum Gasteiger partial charge on any atom is -0.300 e. The number of rotatable bonds is 2. The van der Waals surface area contributed by atoms with Crippen LogP contribution in [0.4, 0.5) is 5.69 Å². The maximum absolute atomic E-state index is 12.3. The molecule has 128 valence electrons. The molecule has 0 atom stereocenters. The first-order valence-corrected chi connectivity index (χ1v) is 9.12. The number of nitrogens with zero attached hydrogens (tertiary/aromatic N) is 2. The molecule has 0 spiro atoms. The molecule has 1 aromatic heterocycles. The van der Waals surface area contributed by atoms with Gasteiger partial charge in [-0.3, -0.25) is 9.78 Å². The monoisotopic (exact) mass is 359 g/mol. The van der Waals surface area contributed by atoms with Crippen LogP contribution in [0.5, 0.6) is 0 Å². The molecule has 0 saturated carbocycles. The number of fused-ring (bicyclic) bond motifs is 1. The maximum atomic E-state index is 12.3. The number of amides is 1. The molecular weight excluding hydrogens is 342 g/mol. The zero-order chi connectivity index (χ0) is 18.1. The molecule has 4 rings (SSSR count). The van der Waals surface area contributed by atoms with Gasteiger partial charge in [0.1, 0.15) is 0 Å². The van der Waals surface area contributed by atoms with Crippen LogP contribution in [0.15, 0.2) is 64.6 Å². The van der Waals surface area contributed by atoms with Crippen LogP contribution in [0.3, 0.4) is 0 Å². The highest BCUT2D eigenvalue weighted by molar-refractivity contribution is 8.18. The van der Waals surface area contributed by atoms with E-state index in [4.69, 9.17) is 0 Å². The van der Waals surface area contributed by atoms with Crippen molar-refractivity contribution in [3.8, 4) is 0 Å². The molecule has 4 nitrogen and oxygen atoms in total. The van der Waals surface area contributed by atoms with Gasteiger partial charge in [-0.1, -0.05) is 24.3 Å². The first-order valence-electron chi connectivity index (χ1n) is 8.31. The first kappa shape index (κ1) is 16.5. The summed E-state index contributed by atoms with van der Waals surface area (Å²) in [6.45, 7) is 4.09. The van der Waals surface area contributed by atoms with Crippen LogP contribution in [0.25, 0.3) is 17.0 Å². The molecule has 5 heteroatoms. The minimum atomic E-state index is -0.120. The molecular formula is C21H17N3OS. The second-order valence-electron chi connectivity index (χ2n) is 6.16. The lowest BCUT2D eigenvalue weighted by Gasteiger charge is -2.04. The molecule has 26 heavy (non-hydrogen) atoms. The van der Waals surface area contributed by atoms with Gasteiger partial charge in [0.2, 0.25) is 0 Å². The van der Waals surface area contributed by atoms with Gasteiger partial charge in [-0.2, -0.15) is 0 Å². The molecule has 1 fully saturated rings. The van der Waals surface area contributed by atoms with Crippen LogP contribution < -0.4 is 5.32 Å². The van der Waals surface area contributed by atoms with Crippen LogP contribution in [0, 0.1) is 13.8 Å². The van der Waals surface area contributed by atoms with Crippen LogP contribution >= 0.6 is 11.8 Å². The first-order chi connectivity index (χ1) is 12.6. The quantitative estimate of drug-likeness (QED) is 0.672. The summed E-state index contributed by atoms with van der Waals surface area (Å²) in [4.78, 5) is 21.9. The molecule has 0 radical (unpaired) electrons. The van der Waals surface area contributed by atoms with Gasteiger partial charge in [0.25, 0.3) is 5.91 Å². The number of carbonyl (C=O) groups excluding carboxylic acids is 1. The van der Waals surface area contributed by atoms with Crippen LogP contribution in [-0.4, -0.2) is 16.1 Å². The topological polar surface area (TPSA) is 54.4 Å². The highest BCUT2D eigenvalue weighted by Gasteiger charge is 2.24. The molecule has 0 aliphatic carbocycles. The number of hydrogen-bond donors (Lipinski definition) is 1. The number of nitrogens with one attached hydrogen (secondary N) is 1. The van der Waals surface area contributed by atoms with Crippen molar-refractivity contribution >= 4 is 45.5 Å². The van der Waals surface area contributed by atoms with E-state index in [-0.39, 0.29) is 5.91 Å². The van der Waals surface area contributed by atoms with Crippen molar-refractivity contribution in [3.63, 3.8) is 0 Å². The Morgan fingerprint density at radius 2 is 2.00 bits per heavy atom. The van der Waals surface area contributed by atoms with E-state index >= 15 is 0 Å². The summed E-state index contributed by atoms with van der Waals surface area (Å²) in [7, 11) is 0. The summed E-state index contributed by atoms with van der Waals surface area (Å²) < 4.78 is 0. The summed E-state index contributed by atoms with van der Waals surface area (Å²) in [6, 6.07) is 15.9. The Kier molecular flexibility index (Phi) is 4.31. The van der Waals surface area contributed by atoms with Crippen LogP contribution in [0.1, 0.15) is 16.7 Å².